The lowest BCUT2D eigenvalue weighted by atomic mass is 9.90. The summed E-state index contributed by atoms with van der Waals surface area (Å²) in [5.41, 5.74) is 0.983. The summed E-state index contributed by atoms with van der Waals surface area (Å²) in [5.74, 6) is 0.473. The molecule has 1 saturated carbocycles. The number of anilines is 1. The zero-order chi connectivity index (χ0) is 18.4. The zero-order valence-corrected chi connectivity index (χ0v) is 16.9. The number of rotatable bonds is 6. The number of benzene rings is 1. The van der Waals surface area contributed by atoms with Gasteiger partial charge in [0, 0.05) is 23.5 Å². The van der Waals surface area contributed by atoms with Crippen LogP contribution in [-0.2, 0) is 6.54 Å². The lowest BCUT2D eigenvalue weighted by Crippen LogP contribution is -2.36. The number of hydrogen-bond donors (Lipinski definition) is 2. The fraction of sp³-hybridized carbons (Fsp3) is 0.500. The summed E-state index contributed by atoms with van der Waals surface area (Å²) in [7, 11) is 0. The number of aliphatic hydroxyl groups is 1. The lowest BCUT2D eigenvalue weighted by Gasteiger charge is -2.22. The van der Waals surface area contributed by atoms with E-state index >= 15 is 0 Å². The first kappa shape index (κ1) is 19.3. The van der Waals surface area contributed by atoms with E-state index in [9.17, 15) is 9.90 Å². The molecule has 2 amide bonds. The molecule has 140 valence electrons. The first-order valence-electron chi connectivity index (χ1n) is 8.91. The molecule has 0 saturated heterocycles. The predicted molar refractivity (Wildman–Crippen MR) is 106 cm³/mol. The van der Waals surface area contributed by atoms with Crippen LogP contribution in [0.2, 0.25) is 0 Å². The topological polar surface area (TPSA) is 78.4 Å². The van der Waals surface area contributed by atoms with Crippen LogP contribution in [0.4, 0.5) is 9.93 Å². The zero-order valence-electron chi connectivity index (χ0n) is 14.5. The van der Waals surface area contributed by atoms with Gasteiger partial charge in [0.15, 0.2) is 0 Å². The minimum absolute atomic E-state index is 0.0959. The number of aromatic nitrogens is 2. The highest BCUT2D eigenvalue weighted by Crippen LogP contribution is 2.35. The Kier molecular flexibility index (Phi) is 6.99. The SMILES string of the molecule is O=C(Nc1nnc(C2CCCCC2)s1)N(CCO)Cc1ccccc1Br. The van der Waals surface area contributed by atoms with Crippen LogP contribution in [-0.4, -0.2) is 39.4 Å². The van der Waals surface area contributed by atoms with Gasteiger partial charge in [0.05, 0.1) is 6.61 Å². The van der Waals surface area contributed by atoms with Gasteiger partial charge in [-0.05, 0) is 24.5 Å². The van der Waals surface area contributed by atoms with E-state index in [2.05, 4.69) is 31.4 Å². The summed E-state index contributed by atoms with van der Waals surface area (Å²) < 4.78 is 0.936. The number of carbonyl (C=O) groups excluding carboxylic acids is 1. The quantitative estimate of drug-likeness (QED) is 0.701. The molecule has 1 heterocycles. The number of aliphatic hydroxyl groups excluding tert-OH is 1. The highest BCUT2D eigenvalue weighted by molar-refractivity contribution is 9.10. The van der Waals surface area contributed by atoms with Crippen LogP contribution >= 0.6 is 27.3 Å². The van der Waals surface area contributed by atoms with Crippen LogP contribution in [0, 0.1) is 0 Å². The van der Waals surface area contributed by atoms with Crippen molar-refractivity contribution < 1.29 is 9.90 Å². The van der Waals surface area contributed by atoms with Crippen LogP contribution in [0.15, 0.2) is 28.7 Å². The number of hydrogen-bond acceptors (Lipinski definition) is 5. The standard InChI is InChI=1S/C18H23BrN4O2S/c19-15-9-5-4-8-14(15)12-23(10-11-24)18(25)20-17-22-21-16(26-17)13-6-2-1-3-7-13/h4-5,8-9,13,24H,1-3,6-7,10-12H2,(H,20,22,25). The lowest BCUT2D eigenvalue weighted by molar-refractivity contribution is 0.185. The maximum absolute atomic E-state index is 12.6. The van der Waals surface area contributed by atoms with Gasteiger partial charge in [-0.15, -0.1) is 10.2 Å². The molecular weight excluding hydrogens is 416 g/mol. The normalized spacial score (nSPS) is 15.0. The predicted octanol–water partition coefficient (Wildman–Crippen LogP) is 4.37. The van der Waals surface area contributed by atoms with Crippen molar-refractivity contribution in [1.82, 2.24) is 15.1 Å². The smallest absolute Gasteiger partial charge is 0.324 e. The molecule has 0 atom stereocenters. The Labute approximate surface area is 165 Å². The molecule has 0 radical (unpaired) electrons. The summed E-state index contributed by atoms with van der Waals surface area (Å²) in [4.78, 5) is 14.2. The molecule has 26 heavy (non-hydrogen) atoms. The number of nitrogens with zero attached hydrogens (tertiary/aromatic N) is 3. The molecule has 8 heteroatoms. The van der Waals surface area contributed by atoms with E-state index in [-0.39, 0.29) is 19.2 Å². The van der Waals surface area contributed by atoms with Gasteiger partial charge in [-0.25, -0.2) is 4.79 Å². The van der Waals surface area contributed by atoms with Crippen molar-refractivity contribution in [3.8, 4) is 0 Å². The second-order valence-corrected chi connectivity index (χ2v) is 8.31. The summed E-state index contributed by atoms with van der Waals surface area (Å²) in [5, 5.41) is 22.1. The molecule has 1 aliphatic rings. The molecule has 1 aromatic heterocycles. The maximum atomic E-state index is 12.6. The van der Waals surface area contributed by atoms with Crippen LogP contribution in [0.5, 0.6) is 0 Å². The van der Waals surface area contributed by atoms with Gasteiger partial charge in [-0.2, -0.15) is 0 Å². The third-order valence-electron chi connectivity index (χ3n) is 4.59. The van der Waals surface area contributed by atoms with E-state index < -0.39 is 0 Å². The molecule has 0 unspecified atom stereocenters. The van der Waals surface area contributed by atoms with Crippen LogP contribution in [0.1, 0.15) is 48.6 Å². The van der Waals surface area contributed by atoms with Gasteiger partial charge >= 0.3 is 6.03 Å². The molecule has 0 spiro atoms. The molecule has 1 fully saturated rings. The summed E-state index contributed by atoms with van der Waals surface area (Å²) in [6, 6.07) is 7.47. The van der Waals surface area contributed by atoms with Crippen molar-refractivity contribution in [3.05, 3.63) is 39.3 Å². The second kappa shape index (κ2) is 9.43. The Bertz CT molecular complexity index is 733. The van der Waals surface area contributed by atoms with E-state index in [0.717, 1.165) is 27.9 Å². The third kappa shape index (κ3) is 5.02. The van der Waals surface area contributed by atoms with E-state index in [1.54, 1.807) is 4.90 Å². The minimum atomic E-state index is -0.277. The first-order valence-corrected chi connectivity index (χ1v) is 10.5. The van der Waals surface area contributed by atoms with E-state index in [0.29, 0.717) is 17.6 Å². The average Bonchev–Trinajstić information content (AvgIpc) is 3.12. The molecular formula is C18H23BrN4O2S. The molecule has 0 bridgehead atoms. The highest BCUT2D eigenvalue weighted by atomic mass is 79.9. The molecule has 1 aliphatic carbocycles. The fourth-order valence-corrected chi connectivity index (χ4v) is 4.49. The highest BCUT2D eigenvalue weighted by Gasteiger charge is 2.21. The molecule has 2 aromatic rings. The van der Waals surface area contributed by atoms with Crippen molar-refractivity contribution >= 4 is 38.4 Å². The number of halogens is 1. The molecule has 2 N–H and O–H groups in total. The summed E-state index contributed by atoms with van der Waals surface area (Å²) >= 11 is 4.96. The number of nitrogens with one attached hydrogen (secondary N) is 1. The minimum Gasteiger partial charge on any atom is -0.395 e. The Hall–Kier alpha value is -1.51. The Morgan fingerprint density at radius 2 is 2.04 bits per heavy atom. The van der Waals surface area contributed by atoms with Crippen molar-refractivity contribution in [1.29, 1.82) is 0 Å². The van der Waals surface area contributed by atoms with Gasteiger partial charge in [0.25, 0.3) is 0 Å². The Balaban J connectivity index is 1.64. The van der Waals surface area contributed by atoms with E-state index in [4.69, 9.17) is 0 Å². The van der Waals surface area contributed by atoms with Crippen LogP contribution in [0.25, 0.3) is 0 Å². The number of amides is 2. The second-order valence-electron chi connectivity index (χ2n) is 6.45. The van der Waals surface area contributed by atoms with Gasteiger partial charge in [-0.1, -0.05) is 64.7 Å². The Morgan fingerprint density at radius 1 is 1.27 bits per heavy atom. The fourth-order valence-electron chi connectivity index (χ4n) is 3.18. The number of urea groups is 1. The van der Waals surface area contributed by atoms with Crippen LogP contribution in [0.3, 0.4) is 0 Å². The third-order valence-corrected chi connectivity index (χ3v) is 6.36. The van der Waals surface area contributed by atoms with Crippen LogP contribution < -0.4 is 5.32 Å². The van der Waals surface area contributed by atoms with Gasteiger partial charge in [-0.3, -0.25) is 5.32 Å². The van der Waals surface area contributed by atoms with Gasteiger partial charge < -0.3 is 10.0 Å². The average molecular weight is 439 g/mol. The molecule has 6 nitrogen and oxygen atoms in total. The molecule has 0 aliphatic heterocycles. The van der Waals surface area contributed by atoms with E-state index in [1.165, 1.54) is 30.6 Å². The molecule has 1 aromatic carbocycles. The van der Waals surface area contributed by atoms with Crippen molar-refractivity contribution in [2.45, 2.75) is 44.6 Å². The Morgan fingerprint density at radius 3 is 2.77 bits per heavy atom. The van der Waals surface area contributed by atoms with Crippen molar-refractivity contribution in [2.75, 3.05) is 18.5 Å². The maximum Gasteiger partial charge on any atom is 0.324 e. The first-order chi connectivity index (χ1) is 12.7. The number of carbonyl (C=O) groups is 1. The van der Waals surface area contributed by atoms with E-state index in [1.807, 2.05) is 24.3 Å². The van der Waals surface area contributed by atoms with Crippen molar-refractivity contribution in [3.63, 3.8) is 0 Å². The van der Waals surface area contributed by atoms with Gasteiger partial charge in [0.1, 0.15) is 5.01 Å². The summed E-state index contributed by atoms with van der Waals surface area (Å²) in [6.07, 6.45) is 6.08. The largest absolute Gasteiger partial charge is 0.395 e. The van der Waals surface area contributed by atoms with Gasteiger partial charge in [0.2, 0.25) is 5.13 Å². The monoisotopic (exact) mass is 438 g/mol. The summed E-state index contributed by atoms with van der Waals surface area (Å²) in [6.45, 7) is 0.560. The molecule has 3 rings (SSSR count). The van der Waals surface area contributed by atoms with Crippen molar-refractivity contribution in [2.24, 2.45) is 0 Å².